The van der Waals surface area contributed by atoms with Gasteiger partial charge in [0, 0.05) is 16.2 Å². The summed E-state index contributed by atoms with van der Waals surface area (Å²) in [5.41, 5.74) is 1.10. The van der Waals surface area contributed by atoms with Crippen molar-refractivity contribution in [3.05, 3.63) is 63.9 Å². The van der Waals surface area contributed by atoms with Gasteiger partial charge in [-0.05, 0) is 71.8 Å². The van der Waals surface area contributed by atoms with Crippen molar-refractivity contribution in [3.8, 4) is 0 Å². The number of nitrogens with zero attached hydrogens (tertiary/aromatic N) is 1. The van der Waals surface area contributed by atoms with Crippen LogP contribution < -0.4 is 0 Å². The maximum Gasteiger partial charge on any atom is 0.129 e. The highest BCUT2D eigenvalue weighted by Gasteiger charge is 2.27. The molecule has 3 rings (SSSR count). The Bertz CT molecular complexity index is 652. The Morgan fingerprint density at radius 3 is 2.39 bits per heavy atom. The van der Waals surface area contributed by atoms with Crippen LogP contribution >= 0.6 is 15.9 Å². The van der Waals surface area contributed by atoms with Crippen LogP contribution in [-0.4, -0.2) is 11.1 Å². The first kappa shape index (κ1) is 16.5. The molecular formula is C18H18BrF2NO. The van der Waals surface area contributed by atoms with Gasteiger partial charge in [-0.25, -0.2) is 8.78 Å². The minimum Gasteiger partial charge on any atom is -0.372 e. The van der Waals surface area contributed by atoms with Crippen molar-refractivity contribution in [1.82, 2.24) is 4.98 Å². The molecule has 0 atom stereocenters. The van der Waals surface area contributed by atoms with Crippen molar-refractivity contribution in [2.75, 3.05) is 0 Å². The van der Waals surface area contributed by atoms with Crippen LogP contribution in [0.5, 0.6) is 0 Å². The number of benzene rings is 1. The number of hydrogen-bond donors (Lipinski definition) is 0. The number of pyridine rings is 1. The van der Waals surface area contributed by atoms with E-state index in [9.17, 15) is 8.78 Å². The van der Waals surface area contributed by atoms with E-state index in [1.807, 2.05) is 12.1 Å². The number of aromatic nitrogens is 1. The summed E-state index contributed by atoms with van der Waals surface area (Å²) >= 11 is 3.45. The van der Waals surface area contributed by atoms with Crippen LogP contribution in [0.4, 0.5) is 8.78 Å². The molecule has 5 heteroatoms. The molecule has 1 aliphatic carbocycles. The lowest BCUT2D eigenvalue weighted by Gasteiger charge is -2.29. The quantitative estimate of drug-likeness (QED) is 0.710. The van der Waals surface area contributed by atoms with Crippen LogP contribution in [0.2, 0.25) is 0 Å². The molecule has 1 aromatic heterocycles. The predicted molar refractivity (Wildman–Crippen MR) is 88.1 cm³/mol. The third-order valence-corrected chi connectivity index (χ3v) is 5.09. The molecule has 1 heterocycles. The lowest BCUT2D eigenvalue weighted by molar-refractivity contribution is 0.0111. The zero-order chi connectivity index (χ0) is 16.2. The Morgan fingerprint density at radius 2 is 1.74 bits per heavy atom. The van der Waals surface area contributed by atoms with Crippen LogP contribution in [0.25, 0.3) is 0 Å². The van der Waals surface area contributed by atoms with E-state index in [2.05, 4.69) is 20.9 Å². The van der Waals surface area contributed by atoms with Gasteiger partial charge in [-0.2, -0.15) is 0 Å². The lowest BCUT2D eigenvalue weighted by Crippen LogP contribution is -2.22. The van der Waals surface area contributed by atoms with E-state index in [0.29, 0.717) is 6.61 Å². The number of ether oxygens (including phenoxy) is 1. The summed E-state index contributed by atoms with van der Waals surface area (Å²) in [4.78, 5) is 4.28. The molecule has 0 bridgehead atoms. The molecule has 1 saturated carbocycles. The molecule has 0 N–H and O–H groups in total. The van der Waals surface area contributed by atoms with Gasteiger partial charge in [-0.15, -0.1) is 0 Å². The number of rotatable bonds is 4. The van der Waals surface area contributed by atoms with E-state index in [0.717, 1.165) is 35.8 Å². The number of halogens is 3. The third kappa shape index (κ3) is 3.96. The predicted octanol–water partition coefficient (Wildman–Crippen LogP) is 5.37. The first-order valence-corrected chi connectivity index (χ1v) is 8.59. The number of hydrogen-bond acceptors (Lipinski definition) is 2. The van der Waals surface area contributed by atoms with Crippen molar-refractivity contribution >= 4 is 15.9 Å². The summed E-state index contributed by atoms with van der Waals surface area (Å²) in [6.45, 7) is 0.449. The Hall–Kier alpha value is -1.33. The molecule has 0 saturated heterocycles. The fourth-order valence-electron chi connectivity index (χ4n) is 3.14. The minimum absolute atomic E-state index is 0.0577. The van der Waals surface area contributed by atoms with Gasteiger partial charge in [0.2, 0.25) is 0 Å². The monoisotopic (exact) mass is 381 g/mol. The Morgan fingerprint density at radius 1 is 1.04 bits per heavy atom. The Kier molecular flexibility index (Phi) is 5.38. The molecule has 0 unspecified atom stereocenters. The van der Waals surface area contributed by atoms with E-state index in [1.165, 1.54) is 18.2 Å². The van der Waals surface area contributed by atoms with E-state index in [-0.39, 0.29) is 17.6 Å². The summed E-state index contributed by atoms with van der Waals surface area (Å²) in [7, 11) is 0. The molecule has 0 aliphatic heterocycles. The smallest absolute Gasteiger partial charge is 0.129 e. The first-order valence-electron chi connectivity index (χ1n) is 7.80. The third-order valence-electron chi connectivity index (χ3n) is 4.37. The van der Waals surface area contributed by atoms with Gasteiger partial charge in [0.05, 0.1) is 18.4 Å². The molecule has 2 nitrogen and oxygen atoms in total. The maximum absolute atomic E-state index is 13.9. The molecular weight excluding hydrogens is 364 g/mol. The summed E-state index contributed by atoms with van der Waals surface area (Å²) < 4.78 is 34.6. The standard InChI is InChI=1S/C18H18BrF2NO/c19-14-3-2-10-22-17(14)11-23-13-8-6-12(7-9-13)18-15(20)4-1-5-16(18)21/h1-5,10,12-13H,6-9,11H2. The van der Waals surface area contributed by atoms with Crippen molar-refractivity contribution in [2.24, 2.45) is 0 Å². The van der Waals surface area contributed by atoms with Crippen LogP contribution in [0.3, 0.4) is 0 Å². The normalized spacial score (nSPS) is 21.3. The second kappa shape index (κ2) is 7.49. The van der Waals surface area contributed by atoms with E-state index < -0.39 is 11.6 Å². The Labute approximate surface area is 143 Å². The molecule has 0 radical (unpaired) electrons. The largest absolute Gasteiger partial charge is 0.372 e. The second-order valence-corrected chi connectivity index (χ2v) is 6.71. The van der Waals surface area contributed by atoms with Gasteiger partial charge in [-0.1, -0.05) is 6.07 Å². The molecule has 2 aromatic rings. The van der Waals surface area contributed by atoms with Crippen LogP contribution in [0.1, 0.15) is 42.9 Å². The van der Waals surface area contributed by atoms with Crippen LogP contribution in [-0.2, 0) is 11.3 Å². The Balaban J connectivity index is 1.56. The average molecular weight is 382 g/mol. The van der Waals surface area contributed by atoms with Crippen molar-refractivity contribution in [3.63, 3.8) is 0 Å². The van der Waals surface area contributed by atoms with E-state index in [4.69, 9.17) is 4.74 Å². The van der Waals surface area contributed by atoms with E-state index >= 15 is 0 Å². The highest BCUT2D eigenvalue weighted by atomic mass is 79.9. The van der Waals surface area contributed by atoms with Gasteiger partial charge >= 0.3 is 0 Å². The van der Waals surface area contributed by atoms with Gasteiger partial charge in [-0.3, -0.25) is 4.98 Å². The van der Waals surface area contributed by atoms with Crippen molar-refractivity contribution < 1.29 is 13.5 Å². The summed E-state index contributed by atoms with van der Waals surface area (Å²) in [5, 5.41) is 0. The summed E-state index contributed by atoms with van der Waals surface area (Å²) in [6, 6.07) is 7.87. The lowest BCUT2D eigenvalue weighted by atomic mass is 9.82. The fourth-order valence-corrected chi connectivity index (χ4v) is 3.51. The fraction of sp³-hybridized carbons (Fsp3) is 0.389. The van der Waals surface area contributed by atoms with Gasteiger partial charge in [0.25, 0.3) is 0 Å². The molecule has 0 amide bonds. The molecule has 122 valence electrons. The van der Waals surface area contributed by atoms with E-state index in [1.54, 1.807) is 6.20 Å². The SMILES string of the molecule is Fc1cccc(F)c1C1CCC(OCc2ncccc2Br)CC1. The van der Waals surface area contributed by atoms with Crippen LogP contribution in [0.15, 0.2) is 41.0 Å². The molecule has 1 fully saturated rings. The molecule has 1 aliphatic rings. The van der Waals surface area contributed by atoms with Crippen LogP contribution in [0, 0.1) is 11.6 Å². The highest BCUT2D eigenvalue weighted by molar-refractivity contribution is 9.10. The zero-order valence-corrected chi connectivity index (χ0v) is 14.2. The highest BCUT2D eigenvalue weighted by Crippen LogP contribution is 2.36. The summed E-state index contributed by atoms with van der Waals surface area (Å²) in [6.07, 6.45) is 4.96. The minimum atomic E-state index is -0.438. The van der Waals surface area contributed by atoms with Crippen molar-refractivity contribution in [1.29, 1.82) is 0 Å². The van der Waals surface area contributed by atoms with Crippen molar-refractivity contribution in [2.45, 2.75) is 44.3 Å². The first-order chi connectivity index (χ1) is 11.1. The molecule has 0 spiro atoms. The van der Waals surface area contributed by atoms with Gasteiger partial charge < -0.3 is 4.74 Å². The second-order valence-electron chi connectivity index (χ2n) is 5.85. The average Bonchev–Trinajstić information content (AvgIpc) is 2.55. The van der Waals surface area contributed by atoms with Gasteiger partial charge in [0.15, 0.2) is 0 Å². The molecule has 23 heavy (non-hydrogen) atoms. The summed E-state index contributed by atoms with van der Waals surface area (Å²) in [5.74, 6) is -0.934. The topological polar surface area (TPSA) is 22.1 Å². The van der Waals surface area contributed by atoms with Gasteiger partial charge in [0.1, 0.15) is 11.6 Å². The maximum atomic E-state index is 13.9. The molecule has 1 aromatic carbocycles. The zero-order valence-electron chi connectivity index (χ0n) is 12.6.